The number of benzene rings is 2. The number of amides is 1. The highest BCUT2D eigenvalue weighted by Crippen LogP contribution is 2.20. The number of hydrogen-bond acceptors (Lipinski definition) is 4. The van der Waals surface area contributed by atoms with Gasteiger partial charge in [0.1, 0.15) is 11.5 Å². The molecule has 27 heavy (non-hydrogen) atoms. The summed E-state index contributed by atoms with van der Waals surface area (Å²) < 4.78 is 0. The first-order valence-electron chi connectivity index (χ1n) is 9.16. The zero-order chi connectivity index (χ0) is 18.6. The minimum atomic E-state index is -0.0674. The van der Waals surface area contributed by atoms with Crippen molar-refractivity contribution in [1.82, 2.24) is 14.9 Å². The lowest BCUT2D eigenvalue weighted by atomic mass is 10.00. The lowest BCUT2D eigenvalue weighted by Gasteiger charge is -2.28. The van der Waals surface area contributed by atoms with Gasteiger partial charge < -0.3 is 10.2 Å². The van der Waals surface area contributed by atoms with Crippen LogP contribution in [0.4, 0.5) is 5.82 Å². The van der Waals surface area contributed by atoms with E-state index in [1.165, 1.54) is 22.3 Å². The Morgan fingerprint density at radius 1 is 1.07 bits per heavy atom. The number of carbonyl (C=O) groups excluding carboxylic acids is 1. The maximum absolute atomic E-state index is 12.7. The molecule has 0 spiro atoms. The Morgan fingerprint density at radius 3 is 2.70 bits per heavy atom. The molecule has 5 nitrogen and oxygen atoms in total. The number of aryl methyl sites for hydroxylation is 1. The summed E-state index contributed by atoms with van der Waals surface area (Å²) in [5.41, 5.74) is 5.33. The minimum absolute atomic E-state index is 0.0674. The fraction of sp³-hybridized carbons (Fsp3) is 0.227. The fourth-order valence-electron chi connectivity index (χ4n) is 3.38. The number of carbonyl (C=O) groups is 1. The molecule has 3 aromatic rings. The van der Waals surface area contributed by atoms with Gasteiger partial charge in [-0.15, -0.1) is 0 Å². The van der Waals surface area contributed by atoms with Crippen LogP contribution in [0.25, 0.3) is 0 Å². The van der Waals surface area contributed by atoms with Gasteiger partial charge in [0.05, 0.1) is 12.4 Å². The van der Waals surface area contributed by atoms with E-state index in [0.29, 0.717) is 31.1 Å². The van der Waals surface area contributed by atoms with Crippen molar-refractivity contribution in [2.75, 3.05) is 11.9 Å². The molecular weight excluding hydrogens is 336 g/mol. The van der Waals surface area contributed by atoms with Crippen LogP contribution < -0.4 is 5.32 Å². The number of hydrogen-bond donors (Lipinski definition) is 1. The number of aromatic nitrogens is 2. The van der Waals surface area contributed by atoms with Crippen LogP contribution in [0, 0.1) is 6.92 Å². The van der Waals surface area contributed by atoms with E-state index in [2.05, 4.69) is 52.5 Å². The Kier molecular flexibility index (Phi) is 4.83. The summed E-state index contributed by atoms with van der Waals surface area (Å²) in [6, 6.07) is 16.6. The van der Waals surface area contributed by atoms with Crippen LogP contribution >= 0.6 is 0 Å². The molecule has 0 saturated carbocycles. The maximum Gasteiger partial charge on any atom is 0.274 e. The average molecular weight is 358 g/mol. The van der Waals surface area contributed by atoms with Gasteiger partial charge in [0.15, 0.2) is 0 Å². The van der Waals surface area contributed by atoms with E-state index in [9.17, 15) is 4.79 Å². The molecule has 1 N–H and O–H groups in total. The van der Waals surface area contributed by atoms with Gasteiger partial charge in [-0.3, -0.25) is 4.79 Å². The Bertz CT molecular complexity index is 953. The first-order valence-corrected chi connectivity index (χ1v) is 9.16. The van der Waals surface area contributed by atoms with Gasteiger partial charge in [-0.05, 0) is 30.0 Å². The second-order valence-corrected chi connectivity index (χ2v) is 6.87. The van der Waals surface area contributed by atoms with Crippen LogP contribution in [0.3, 0.4) is 0 Å². The summed E-state index contributed by atoms with van der Waals surface area (Å²) in [6.07, 6.45) is 4.06. The first kappa shape index (κ1) is 17.2. The predicted molar refractivity (Wildman–Crippen MR) is 105 cm³/mol. The Morgan fingerprint density at radius 2 is 1.93 bits per heavy atom. The summed E-state index contributed by atoms with van der Waals surface area (Å²) in [7, 11) is 0. The highest BCUT2D eigenvalue weighted by molar-refractivity contribution is 5.92. The Hall–Kier alpha value is -3.21. The van der Waals surface area contributed by atoms with Crippen molar-refractivity contribution in [1.29, 1.82) is 0 Å². The van der Waals surface area contributed by atoms with Crippen molar-refractivity contribution >= 4 is 11.7 Å². The monoisotopic (exact) mass is 358 g/mol. The molecule has 1 amide bonds. The van der Waals surface area contributed by atoms with Crippen molar-refractivity contribution in [2.24, 2.45) is 0 Å². The summed E-state index contributed by atoms with van der Waals surface area (Å²) in [5.74, 6) is 0.597. The number of anilines is 1. The molecular formula is C22H22N4O. The van der Waals surface area contributed by atoms with Gasteiger partial charge in [-0.1, -0.05) is 54.1 Å². The molecule has 0 bridgehead atoms. The summed E-state index contributed by atoms with van der Waals surface area (Å²) in [5, 5.41) is 3.25. The zero-order valence-corrected chi connectivity index (χ0v) is 15.4. The van der Waals surface area contributed by atoms with E-state index in [4.69, 9.17) is 0 Å². The van der Waals surface area contributed by atoms with Crippen LogP contribution in [0.5, 0.6) is 0 Å². The van der Waals surface area contributed by atoms with E-state index in [1.54, 1.807) is 12.4 Å². The van der Waals surface area contributed by atoms with E-state index < -0.39 is 0 Å². The number of nitrogens with zero attached hydrogens (tertiary/aromatic N) is 3. The molecule has 0 fully saturated rings. The van der Waals surface area contributed by atoms with Gasteiger partial charge in [-0.25, -0.2) is 9.97 Å². The normalized spacial score (nSPS) is 13.1. The van der Waals surface area contributed by atoms with Gasteiger partial charge in [0.25, 0.3) is 5.91 Å². The molecule has 1 aliphatic rings. The van der Waals surface area contributed by atoms with Gasteiger partial charge >= 0.3 is 0 Å². The highest BCUT2D eigenvalue weighted by Gasteiger charge is 2.22. The fourth-order valence-corrected chi connectivity index (χ4v) is 3.38. The molecule has 0 aliphatic carbocycles. The van der Waals surface area contributed by atoms with E-state index >= 15 is 0 Å². The highest BCUT2D eigenvalue weighted by atomic mass is 16.2. The predicted octanol–water partition coefficient (Wildman–Crippen LogP) is 3.60. The second-order valence-electron chi connectivity index (χ2n) is 6.87. The molecule has 0 atom stereocenters. The van der Waals surface area contributed by atoms with E-state index in [1.807, 2.05) is 23.1 Å². The van der Waals surface area contributed by atoms with Crippen LogP contribution in [0.15, 0.2) is 60.9 Å². The molecule has 4 rings (SSSR count). The molecule has 5 heteroatoms. The average Bonchev–Trinajstić information content (AvgIpc) is 2.72. The van der Waals surface area contributed by atoms with Crippen LogP contribution in [0.2, 0.25) is 0 Å². The molecule has 0 saturated heterocycles. The second kappa shape index (κ2) is 7.58. The molecule has 1 aromatic heterocycles. The summed E-state index contributed by atoms with van der Waals surface area (Å²) >= 11 is 0. The largest absolute Gasteiger partial charge is 0.365 e. The standard InChI is InChI=1S/C22H22N4O/c1-16-5-4-6-17(11-16)12-24-21-14-23-20(13-25-21)22(27)26-10-9-18-7-2-3-8-19(18)15-26/h2-8,11,13-14H,9-10,12,15H2,1H3,(H,24,25). The third-order valence-electron chi connectivity index (χ3n) is 4.84. The zero-order valence-electron chi connectivity index (χ0n) is 15.4. The number of nitrogens with one attached hydrogen (secondary N) is 1. The summed E-state index contributed by atoms with van der Waals surface area (Å²) in [4.78, 5) is 23.3. The van der Waals surface area contributed by atoms with Crippen molar-refractivity contribution in [3.8, 4) is 0 Å². The Balaban J connectivity index is 1.39. The third kappa shape index (κ3) is 3.97. The third-order valence-corrected chi connectivity index (χ3v) is 4.84. The quantitative estimate of drug-likeness (QED) is 0.774. The van der Waals surface area contributed by atoms with Gasteiger partial charge in [0, 0.05) is 19.6 Å². The Labute approximate surface area is 159 Å². The SMILES string of the molecule is Cc1cccc(CNc2cnc(C(=O)N3CCc4ccccc4C3)cn2)c1. The minimum Gasteiger partial charge on any atom is -0.365 e. The maximum atomic E-state index is 12.7. The van der Waals surface area contributed by atoms with E-state index in [-0.39, 0.29) is 5.91 Å². The van der Waals surface area contributed by atoms with Crippen molar-refractivity contribution in [3.63, 3.8) is 0 Å². The molecule has 0 radical (unpaired) electrons. The lowest BCUT2D eigenvalue weighted by Crippen LogP contribution is -2.36. The summed E-state index contributed by atoms with van der Waals surface area (Å²) in [6.45, 7) is 4.09. The van der Waals surface area contributed by atoms with Gasteiger partial charge in [0.2, 0.25) is 0 Å². The van der Waals surface area contributed by atoms with Crippen LogP contribution in [-0.4, -0.2) is 27.3 Å². The van der Waals surface area contributed by atoms with E-state index in [0.717, 1.165) is 6.42 Å². The molecule has 1 aliphatic heterocycles. The number of fused-ring (bicyclic) bond motifs is 1. The van der Waals surface area contributed by atoms with Gasteiger partial charge in [-0.2, -0.15) is 0 Å². The van der Waals surface area contributed by atoms with Crippen molar-refractivity contribution in [2.45, 2.75) is 26.4 Å². The van der Waals surface area contributed by atoms with Crippen molar-refractivity contribution < 1.29 is 4.79 Å². The smallest absolute Gasteiger partial charge is 0.274 e. The first-order chi connectivity index (χ1) is 13.2. The molecule has 2 aromatic carbocycles. The topological polar surface area (TPSA) is 58.1 Å². The van der Waals surface area contributed by atoms with Crippen LogP contribution in [0.1, 0.15) is 32.7 Å². The molecule has 2 heterocycles. The van der Waals surface area contributed by atoms with Crippen molar-refractivity contribution in [3.05, 3.63) is 88.9 Å². The lowest BCUT2D eigenvalue weighted by molar-refractivity contribution is 0.0728. The molecule has 136 valence electrons. The molecule has 0 unspecified atom stereocenters. The number of rotatable bonds is 4. The van der Waals surface area contributed by atoms with Crippen LogP contribution in [-0.2, 0) is 19.5 Å².